The van der Waals surface area contributed by atoms with E-state index in [0.29, 0.717) is 11.3 Å². The maximum absolute atomic E-state index is 13.1. The Morgan fingerprint density at radius 2 is 1.59 bits per heavy atom. The molecule has 0 aliphatic carbocycles. The number of nitrogens with zero attached hydrogens (tertiary/aromatic N) is 1. The summed E-state index contributed by atoms with van der Waals surface area (Å²) >= 11 is 0. The summed E-state index contributed by atoms with van der Waals surface area (Å²) in [6.45, 7) is 0. The van der Waals surface area contributed by atoms with Crippen molar-refractivity contribution in [3.05, 3.63) is 93.5 Å². The highest BCUT2D eigenvalue weighted by atomic mass is 19.1. The molecule has 3 rings (SSSR count). The number of carboxylic acid groups (broad SMARTS) is 1. The predicted octanol–water partition coefficient (Wildman–Crippen LogP) is 2.42. The van der Waals surface area contributed by atoms with Gasteiger partial charge in [-0.1, -0.05) is 12.1 Å². The van der Waals surface area contributed by atoms with Crippen LogP contribution in [0.4, 0.5) is 10.2 Å². The zero-order chi connectivity index (χ0) is 19.6. The summed E-state index contributed by atoms with van der Waals surface area (Å²) in [7, 11) is 0. The van der Waals surface area contributed by atoms with E-state index < -0.39 is 23.1 Å². The van der Waals surface area contributed by atoms with Crippen LogP contribution < -0.4 is 11.3 Å². The van der Waals surface area contributed by atoms with Crippen molar-refractivity contribution in [3.8, 4) is 5.69 Å². The van der Waals surface area contributed by atoms with Gasteiger partial charge in [-0.25, -0.2) is 4.39 Å². The van der Waals surface area contributed by atoms with Crippen LogP contribution in [0.5, 0.6) is 0 Å². The second kappa shape index (κ2) is 7.25. The van der Waals surface area contributed by atoms with E-state index in [1.165, 1.54) is 41.0 Å². The molecule has 0 aliphatic heterocycles. The van der Waals surface area contributed by atoms with E-state index in [2.05, 4.69) is 0 Å². The first-order chi connectivity index (χ1) is 12.9. The summed E-state index contributed by atoms with van der Waals surface area (Å²) in [5, 5.41) is 8.83. The Labute approximate surface area is 153 Å². The summed E-state index contributed by atoms with van der Waals surface area (Å²) in [6.07, 6.45) is -0.145. The molecule has 0 aliphatic rings. The van der Waals surface area contributed by atoms with Crippen LogP contribution in [-0.4, -0.2) is 21.4 Å². The topological polar surface area (TPSA) is 102 Å². The predicted molar refractivity (Wildman–Crippen MR) is 97.6 cm³/mol. The molecular weight excluding hydrogens is 351 g/mol. The third-order valence-electron chi connectivity index (χ3n) is 4.03. The van der Waals surface area contributed by atoms with E-state index in [0.717, 1.165) is 0 Å². The van der Waals surface area contributed by atoms with Gasteiger partial charge in [-0.3, -0.25) is 19.0 Å². The highest BCUT2D eigenvalue weighted by molar-refractivity contribution is 6.11. The Morgan fingerprint density at radius 1 is 0.963 bits per heavy atom. The Bertz CT molecular complexity index is 1070. The van der Waals surface area contributed by atoms with Gasteiger partial charge in [-0.05, 0) is 48.0 Å². The molecule has 0 radical (unpaired) electrons. The third-order valence-corrected chi connectivity index (χ3v) is 4.03. The van der Waals surface area contributed by atoms with Crippen LogP contribution in [0.1, 0.15) is 21.5 Å². The van der Waals surface area contributed by atoms with Crippen LogP contribution in [0, 0.1) is 5.82 Å². The molecule has 0 atom stereocenters. The van der Waals surface area contributed by atoms with Crippen LogP contribution in [-0.2, 0) is 11.2 Å². The van der Waals surface area contributed by atoms with Crippen LogP contribution in [0.3, 0.4) is 0 Å². The number of hydrogen-bond donors (Lipinski definition) is 2. The van der Waals surface area contributed by atoms with Gasteiger partial charge in [0.25, 0.3) is 5.56 Å². The minimum Gasteiger partial charge on any atom is -0.481 e. The first-order valence-corrected chi connectivity index (χ1v) is 7.99. The molecule has 0 unspecified atom stereocenters. The van der Waals surface area contributed by atoms with E-state index in [4.69, 9.17) is 10.8 Å². The SMILES string of the molecule is Nc1c(C(=O)c2ccc(F)cc2)ccc(=O)n1-c1ccc(CC(=O)O)cc1. The lowest BCUT2D eigenvalue weighted by molar-refractivity contribution is -0.136. The smallest absolute Gasteiger partial charge is 0.307 e. The fourth-order valence-corrected chi connectivity index (χ4v) is 2.71. The molecule has 0 bridgehead atoms. The second-order valence-corrected chi connectivity index (χ2v) is 5.88. The fraction of sp³-hybridized carbons (Fsp3) is 0.0500. The zero-order valence-electron chi connectivity index (χ0n) is 14.1. The van der Waals surface area contributed by atoms with Crippen molar-refractivity contribution in [2.24, 2.45) is 0 Å². The molecule has 0 spiro atoms. The first-order valence-electron chi connectivity index (χ1n) is 7.99. The summed E-state index contributed by atoms with van der Waals surface area (Å²) in [6, 6.07) is 13.8. The monoisotopic (exact) mass is 366 g/mol. The maximum atomic E-state index is 13.1. The molecule has 0 saturated carbocycles. The number of nitrogens with two attached hydrogens (primary N) is 1. The van der Waals surface area contributed by atoms with Crippen molar-refractivity contribution in [2.75, 3.05) is 5.73 Å². The molecule has 0 saturated heterocycles. The van der Waals surface area contributed by atoms with Gasteiger partial charge in [-0.2, -0.15) is 0 Å². The molecule has 3 N–H and O–H groups in total. The van der Waals surface area contributed by atoms with Gasteiger partial charge in [0.05, 0.1) is 17.7 Å². The first kappa shape index (κ1) is 18.1. The summed E-state index contributed by atoms with van der Waals surface area (Å²) in [5.74, 6) is -1.93. The number of carbonyl (C=O) groups excluding carboxylic acids is 1. The van der Waals surface area contributed by atoms with Crippen molar-refractivity contribution < 1.29 is 19.1 Å². The summed E-state index contributed by atoms with van der Waals surface area (Å²) in [4.78, 5) is 35.7. The molecule has 136 valence electrons. The van der Waals surface area contributed by atoms with E-state index in [9.17, 15) is 18.8 Å². The van der Waals surface area contributed by atoms with Gasteiger partial charge >= 0.3 is 5.97 Å². The van der Waals surface area contributed by atoms with Gasteiger partial charge < -0.3 is 10.8 Å². The zero-order valence-corrected chi connectivity index (χ0v) is 14.1. The number of aromatic nitrogens is 1. The lowest BCUT2D eigenvalue weighted by Crippen LogP contribution is -2.23. The lowest BCUT2D eigenvalue weighted by atomic mass is 10.0. The molecular formula is C20H15FN2O4. The molecule has 0 amide bonds. The van der Waals surface area contributed by atoms with E-state index >= 15 is 0 Å². The number of carbonyl (C=O) groups is 2. The normalized spacial score (nSPS) is 10.6. The van der Waals surface area contributed by atoms with E-state index in [-0.39, 0.29) is 23.4 Å². The quantitative estimate of drug-likeness (QED) is 0.675. The second-order valence-electron chi connectivity index (χ2n) is 5.88. The van der Waals surface area contributed by atoms with Crippen LogP contribution in [0.15, 0.2) is 65.5 Å². The highest BCUT2D eigenvalue weighted by Gasteiger charge is 2.17. The third kappa shape index (κ3) is 3.77. The minimum absolute atomic E-state index is 0.0530. The molecule has 2 aromatic carbocycles. The van der Waals surface area contributed by atoms with Gasteiger partial charge in [0.15, 0.2) is 5.78 Å². The van der Waals surface area contributed by atoms with Crippen LogP contribution in [0.2, 0.25) is 0 Å². The molecule has 0 fully saturated rings. The maximum Gasteiger partial charge on any atom is 0.307 e. The van der Waals surface area contributed by atoms with Crippen molar-refractivity contribution in [1.82, 2.24) is 4.57 Å². The average molecular weight is 366 g/mol. The Kier molecular flexibility index (Phi) is 4.85. The number of ketones is 1. The van der Waals surface area contributed by atoms with Gasteiger partial charge in [-0.15, -0.1) is 0 Å². The number of carboxylic acids is 1. The molecule has 1 heterocycles. The van der Waals surface area contributed by atoms with Crippen LogP contribution in [0.25, 0.3) is 5.69 Å². The minimum atomic E-state index is -0.966. The number of aliphatic carboxylic acids is 1. The lowest BCUT2D eigenvalue weighted by Gasteiger charge is -2.13. The fourth-order valence-electron chi connectivity index (χ4n) is 2.71. The molecule has 3 aromatic rings. The van der Waals surface area contributed by atoms with Crippen molar-refractivity contribution in [2.45, 2.75) is 6.42 Å². The molecule has 7 heteroatoms. The Morgan fingerprint density at radius 3 is 2.19 bits per heavy atom. The Balaban J connectivity index is 2.03. The van der Waals surface area contributed by atoms with E-state index in [1.807, 2.05) is 0 Å². The van der Waals surface area contributed by atoms with Crippen molar-refractivity contribution in [3.63, 3.8) is 0 Å². The molecule has 6 nitrogen and oxygen atoms in total. The average Bonchev–Trinajstić information content (AvgIpc) is 2.63. The van der Waals surface area contributed by atoms with E-state index in [1.54, 1.807) is 24.3 Å². The number of anilines is 1. The van der Waals surface area contributed by atoms with Crippen LogP contribution >= 0.6 is 0 Å². The largest absolute Gasteiger partial charge is 0.481 e. The highest BCUT2D eigenvalue weighted by Crippen LogP contribution is 2.19. The van der Waals surface area contributed by atoms with Gasteiger partial charge in [0.2, 0.25) is 0 Å². The van der Waals surface area contributed by atoms with Crippen molar-refractivity contribution in [1.29, 1.82) is 0 Å². The molecule has 27 heavy (non-hydrogen) atoms. The number of nitrogen functional groups attached to an aromatic ring is 1. The Hall–Kier alpha value is -3.74. The molecule has 1 aromatic heterocycles. The standard InChI is InChI=1S/C20H15FN2O4/c21-14-5-3-13(4-6-14)19(27)16-9-10-17(24)23(20(16)22)15-7-1-12(2-8-15)11-18(25)26/h1-10H,11,22H2,(H,25,26). The number of halogens is 1. The van der Waals surface area contributed by atoms with Crippen molar-refractivity contribution >= 4 is 17.6 Å². The number of pyridine rings is 1. The number of rotatable bonds is 5. The summed E-state index contributed by atoms with van der Waals surface area (Å²) < 4.78 is 14.2. The summed E-state index contributed by atoms with van der Waals surface area (Å²) in [5.41, 5.74) is 6.96. The number of hydrogen-bond acceptors (Lipinski definition) is 4. The van der Waals surface area contributed by atoms with Gasteiger partial charge in [0, 0.05) is 11.6 Å². The number of benzene rings is 2. The van der Waals surface area contributed by atoms with Gasteiger partial charge in [0.1, 0.15) is 11.6 Å².